The zero-order valence-corrected chi connectivity index (χ0v) is 17.0. The number of halogens is 1. The summed E-state index contributed by atoms with van der Waals surface area (Å²) in [5.41, 5.74) is 1.15. The lowest BCUT2D eigenvalue weighted by Crippen LogP contribution is -2.28. The molecule has 2 atom stereocenters. The number of aromatic nitrogens is 3. The molecule has 2 aromatic heterocycles. The van der Waals surface area contributed by atoms with E-state index in [4.69, 9.17) is 0 Å². The first kappa shape index (κ1) is 19.0. The quantitative estimate of drug-likeness (QED) is 0.537. The van der Waals surface area contributed by atoms with E-state index in [9.17, 15) is 5.11 Å². The Morgan fingerprint density at radius 3 is 2.96 bits per heavy atom. The van der Waals surface area contributed by atoms with Crippen molar-refractivity contribution in [2.75, 3.05) is 0 Å². The van der Waals surface area contributed by atoms with Crippen LogP contribution in [-0.2, 0) is 0 Å². The monoisotopic (exact) mass is 397 g/mol. The minimum atomic E-state index is -0.950. The number of fused-ring (bicyclic) bond motifs is 1. The van der Waals surface area contributed by atoms with Gasteiger partial charge in [0.1, 0.15) is 16.9 Å². The third kappa shape index (κ3) is 3.53. The highest BCUT2D eigenvalue weighted by atomic mass is 32.1. The first-order valence-electron chi connectivity index (χ1n) is 9.75. The number of phenols is 1. The number of nitrogens with zero attached hydrogens (tertiary/aromatic N) is 3. The van der Waals surface area contributed by atoms with Crippen molar-refractivity contribution in [1.82, 2.24) is 15.2 Å². The largest absolute Gasteiger partial charge is 0.507 e. The Kier molecular flexibility index (Phi) is 5.15. The topological polar surface area (TPSA) is 58.9 Å². The molecule has 0 amide bonds. The van der Waals surface area contributed by atoms with Gasteiger partial charge in [-0.05, 0) is 60.9 Å². The second-order valence-electron chi connectivity index (χ2n) is 7.83. The lowest BCUT2D eigenvalue weighted by Gasteiger charge is -2.31. The summed E-state index contributed by atoms with van der Waals surface area (Å²) in [6, 6.07) is 5.47. The summed E-state index contributed by atoms with van der Waals surface area (Å²) < 4.78 is 15.3. The van der Waals surface area contributed by atoms with Crippen molar-refractivity contribution in [3.05, 3.63) is 41.2 Å². The Morgan fingerprint density at radius 2 is 2.14 bits per heavy atom. The molecule has 0 radical (unpaired) electrons. The highest BCUT2D eigenvalue weighted by molar-refractivity contribution is 7.15. The van der Waals surface area contributed by atoms with Crippen LogP contribution >= 0.6 is 11.3 Å². The van der Waals surface area contributed by atoms with Gasteiger partial charge in [0.25, 0.3) is 0 Å². The lowest BCUT2D eigenvalue weighted by molar-refractivity contribution is 0.141. The molecule has 4 nitrogen and oxygen atoms in total. The maximum absolute atomic E-state index is 15.3. The van der Waals surface area contributed by atoms with Crippen molar-refractivity contribution in [2.24, 2.45) is 5.41 Å². The molecule has 2 heterocycles. The van der Waals surface area contributed by atoms with Gasteiger partial charge in [0, 0.05) is 23.2 Å². The van der Waals surface area contributed by atoms with Crippen molar-refractivity contribution in [1.29, 1.82) is 0 Å². The molecule has 1 N–H and O–H groups in total. The molecule has 28 heavy (non-hydrogen) atoms. The van der Waals surface area contributed by atoms with Crippen LogP contribution in [0.15, 0.2) is 36.2 Å². The molecular weight excluding hydrogens is 373 g/mol. The number of benzene rings is 1. The van der Waals surface area contributed by atoms with Crippen molar-refractivity contribution in [3.63, 3.8) is 0 Å². The summed E-state index contributed by atoms with van der Waals surface area (Å²) in [6.07, 6.45) is 8.93. The molecule has 1 aliphatic carbocycles. The molecule has 0 unspecified atom stereocenters. The van der Waals surface area contributed by atoms with Crippen molar-refractivity contribution in [2.45, 2.75) is 52.1 Å². The summed E-state index contributed by atoms with van der Waals surface area (Å²) in [6.45, 7) is 4.11. The standard InChI is InChI=1S/C22H24FN3OS/c1-3-22(2)8-5-4-6-15(20(22)23)12-19-25-26-21(28-19)17-10-14-7-9-24-13-16(14)11-18(17)27/h7,9-13,20,27H,3-6,8H2,1-2H3/b15-12+/t20-,22-/m0/s1. The molecule has 3 aromatic rings. The van der Waals surface area contributed by atoms with Gasteiger partial charge in [-0.3, -0.25) is 4.98 Å². The summed E-state index contributed by atoms with van der Waals surface area (Å²) >= 11 is 1.38. The van der Waals surface area contributed by atoms with Gasteiger partial charge in [-0.2, -0.15) is 0 Å². The van der Waals surface area contributed by atoms with Gasteiger partial charge in [0.2, 0.25) is 0 Å². The average Bonchev–Trinajstić information content (AvgIpc) is 3.11. The third-order valence-corrected chi connectivity index (χ3v) is 6.85. The van der Waals surface area contributed by atoms with Crippen LogP contribution in [0.4, 0.5) is 4.39 Å². The first-order chi connectivity index (χ1) is 13.5. The highest BCUT2D eigenvalue weighted by Gasteiger charge is 2.36. The second-order valence-corrected chi connectivity index (χ2v) is 8.84. The Labute approximate surface area is 168 Å². The van der Waals surface area contributed by atoms with Crippen LogP contribution < -0.4 is 0 Å². The summed E-state index contributed by atoms with van der Waals surface area (Å²) in [5.74, 6) is 0.146. The van der Waals surface area contributed by atoms with Crippen LogP contribution in [0.25, 0.3) is 27.4 Å². The Bertz CT molecular complexity index is 1030. The number of alkyl halides is 1. The van der Waals surface area contributed by atoms with E-state index in [0.29, 0.717) is 15.6 Å². The van der Waals surface area contributed by atoms with E-state index in [1.54, 1.807) is 18.5 Å². The van der Waals surface area contributed by atoms with Gasteiger partial charge in [-0.1, -0.05) is 31.6 Å². The zero-order valence-electron chi connectivity index (χ0n) is 16.2. The Morgan fingerprint density at radius 1 is 1.29 bits per heavy atom. The number of hydrogen-bond donors (Lipinski definition) is 1. The van der Waals surface area contributed by atoms with Gasteiger partial charge >= 0.3 is 0 Å². The van der Waals surface area contributed by atoms with Crippen molar-refractivity contribution >= 4 is 28.2 Å². The number of aromatic hydroxyl groups is 1. The van der Waals surface area contributed by atoms with Gasteiger partial charge in [-0.25, -0.2) is 4.39 Å². The average molecular weight is 398 g/mol. The SMILES string of the molecule is CC[C@@]1(C)CCCC/C(=C\c2nnc(-c3cc4ccncc4cc3O)s2)[C@@H]1F. The van der Waals surface area contributed by atoms with Crippen LogP contribution in [0.3, 0.4) is 0 Å². The van der Waals surface area contributed by atoms with Crippen LogP contribution in [0.2, 0.25) is 0 Å². The van der Waals surface area contributed by atoms with Gasteiger partial charge < -0.3 is 5.11 Å². The van der Waals surface area contributed by atoms with E-state index >= 15 is 4.39 Å². The molecule has 6 heteroatoms. The molecule has 0 spiro atoms. The molecule has 0 saturated heterocycles. The Balaban J connectivity index is 1.68. The smallest absolute Gasteiger partial charge is 0.151 e. The third-order valence-electron chi connectivity index (χ3n) is 5.94. The van der Waals surface area contributed by atoms with Crippen LogP contribution in [-0.4, -0.2) is 26.5 Å². The zero-order chi connectivity index (χ0) is 19.7. The molecule has 1 aromatic carbocycles. The number of allylic oxidation sites excluding steroid dienone is 1. The maximum Gasteiger partial charge on any atom is 0.151 e. The first-order valence-corrected chi connectivity index (χ1v) is 10.6. The number of phenolic OH excluding ortho intramolecular Hbond substituents is 1. The van der Waals surface area contributed by atoms with Crippen molar-refractivity contribution in [3.8, 4) is 16.3 Å². The molecule has 146 valence electrons. The molecule has 0 bridgehead atoms. The molecular formula is C22H24FN3OS. The minimum absolute atomic E-state index is 0.146. The van der Waals surface area contributed by atoms with Crippen LogP contribution in [0, 0.1) is 5.41 Å². The molecule has 4 rings (SSSR count). The number of hydrogen-bond acceptors (Lipinski definition) is 5. The summed E-state index contributed by atoms with van der Waals surface area (Å²) in [5, 5.41) is 22.1. The maximum atomic E-state index is 15.3. The predicted octanol–water partition coefficient (Wildman–Crippen LogP) is 6.17. The van der Waals surface area contributed by atoms with Gasteiger partial charge in [0.15, 0.2) is 5.01 Å². The molecule has 1 aliphatic rings. The summed E-state index contributed by atoms with van der Waals surface area (Å²) in [4.78, 5) is 4.08. The van der Waals surface area contributed by atoms with Crippen LogP contribution in [0.1, 0.15) is 51.0 Å². The van der Waals surface area contributed by atoms with E-state index in [1.165, 1.54) is 11.3 Å². The number of rotatable bonds is 3. The van der Waals surface area contributed by atoms with E-state index in [2.05, 4.69) is 22.1 Å². The van der Waals surface area contributed by atoms with E-state index in [0.717, 1.165) is 48.4 Å². The fourth-order valence-electron chi connectivity index (χ4n) is 3.92. The van der Waals surface area contributed by atoms with E-state index < -0.39 is 6.17 Å². The van der Waals surface area contributed by atoms with Gasteiger partial charge in [-0.15, -0.1) is 10.2 Å². The summed E-state index contributed by atoms with van der Waals surface area (Å²) in [7, 11) is 0. The normalized spacial score (nSPS) is 24.5. The lowest BCUT2D eigenvalue weighted by atomic mass is 9.77. The molecule has 1 fully saturated rings. The highest BCUT2D eigenvalue weighted by Crippen LogP contribution is 2.43. The second kappa shape index (κ2) is 7.59. The van der Waals surface area contributed by atoms with Crippen LogP contribution in [0.5, 0.6) is 5.75 Å². The van der Waals surface area contributed by atoms with E-state index in [1.807, 2.05) is 25.1 Å². The minimum Gasteiger partial charge on any atom is -0.507 e. The molecule has 1 saturated carbocycles. The van der Waals surface area contributed by atoms with E-state index in [-0.39, 0.29) is 11.2 Å². The number of pyridine rings is 1. The fraction of sp³-hybridized carbons (Fsp3) is 0.409. The Hall–Kier alpha value is -2.34. The molecule has 0 aliphatic heterocycles. The fourth-order valence-corrected chi connectivity index (χ4v) is 4.76. The predicted molar refractivity (Wildman–Crippen MR) is 112 cm³/mol. The van der Waals surface area contributed by atoms with Crippen molar-refractivity contribution < 1.29 is 9.50 Å². The van der Waals surface area contributed by atoms with Gasteiger partial charge in [0.05, 0.1) is 5.56 Å².